The first-order chi connectivity index (χ1) is 8.54. The van der Waals surface area contributed by atoms with Crippen LogP contribution in [0, 0.1) is 10.1 Å². The van der Waals surface area contributed by atoms with Gasteiger partial charge in [-0.3, -0.25) is 19.8 Å². The highest BCUT2D eigenvalue weighted by Crippen LogP contribution is 2.12. The summed E-state index contributed by atoms with van der Waals surface area (Å²) >= 11 is 0. The van der Waals surface area contributed by atoms with E-state index in [2.05, 4.69) is 0 Å². The highest BCUT2D eigenvalue weighted by molar-refractivity contribution is 5.97. The Morgan fingerprint density at radius 2 is 2.00 bits per heavy atom. The average molecular weight is 252 g/mol. The maximum atomic E-state index is 11.8. The van der Waals surface area contributed by atoms with Crippen LogP contribution in [0.15, 0.2) is 24.3 Å². The molecule has 18 heavy (non-hydrogen) atoms. The van der Waals surface area contributed by atoms with Crippen LogP contribution in [0.1, 0.15) is 16.8 Å². The molecule has 6 heteroatoms. The lowest BCUT2D eigenvalue weighted by atomic mass is 10.1. The van der Waals surface area contributed by atoms with Gasteiger partial charge in [0.1, 0.15) is 0 Å². The molecule has 1 aromatic rings. The van der Waals surface area contributed by atoms with Crippen molar-refractivity contribution in [3.63, 3.8) is 0 Å². The van der Waals surface area contributed by atoms with E-state index in [1.165, 1.54) is 24.3 Å². The van der Waals surface area contributed by atoms with Gasteiger partial charge in [-0.25, -0.2) is 0 Å². The summed E-state index contributed by atoms with van der Waals surface area (Å²) < 4.78 is 0. The number of non-ortho nitro benzene ring substituents is 1. The fourth-order valence-electron chi connectivity index (χ4n) is 1.53. The number of nitro benzene ring substituents is 1. The Balaban J connectivity index is 2.58. The standard InChI is InChI=1S/C12H16N2O4/c1-13(7-2-8-15)9-12(16)10-3-5-11(6-4-10)14(17)18/h3-6,15H,2,7-9H2,1H3. The zero-order valence-electron chi connectivity index (χ0n) is 10.2. The second kappa shape index (κ2) is 6.83. The molecule has 1 aromatic carbocycles. The number of aliphatic hydroxyl groups excluding tert-OH is 1. The number of hydrogen-bond acceptors (Lipinski definition) is 5. The molecule has 0 aliphatic carbocycles. The molecule has 0 radical (unpaired) electrons. The zero-order chi connectivity index (χ0) is 13.5. The van der Waals surface area contributed by atoms with Crippen molar-refractivity contribution >= 4 is 11.5 Å². The van der Waals surface area contributed by atoms with Crippen LogP contribution in [-0.4, -0.2) is 47.5 Å². The van der Waals surface area contributed by atoms with E-state index < -0.39 is 4.92 Å². The minimum atomic E-state index is -0.498. The molecule has 98 valence electrons. The molecule has 1 rings (SSSR count). The van der Waals surface area contributed by atoms with Crippen LogP contribution in [-0.2, 0) is 0 Å². The first kappa shape index (κ1) is 14.3. The Bertz CT molecular complexity index is 417. The summed E-state index contributed by atoms with van der Waals surface area (Å²) in [5.41, 5.74) is 0.427. The smallest absolute Gasteiger partial charge is 0.269 e. The molecule has 0 fully saturated rings. The summed E-state index contributed by atoms with van der Waals surface area (Å²) in [6, 6.07) is 5.56. The number of Topliss-reactive ketones (excluding diaryl/α,β-unsaturated/α-hetero) is 1. The van der Waals surface area contributed by atoms with Crippen molar-refractivity contribution in [1.29, 1.82) is 0 Å². The van der Waals surface area contributed by atoms with Crippen LogP contribution in [0.5, 0.6) is 0 Å². The van der Waals surface area contributed by atoms with Crippen molar-refractivity contribution in [3.8, 4) is 0 Å². The number of benzene rings is 1. The Kier molecular flexibility index (Phi) is 5.41. The summed E-state index contributed by atoms with van der Waals surface area (Å²) in [4.78, 5) is 23.6. The number of likely N-dealkylation sites (N-methyl/N-ethyl adjacent to an activating group) is 1. The Hall–Kier alpha value is -1.79. The SMILES string of the molecule is CN(CCCO)CC(=O)c1ccc([N+](=O)[O-])cc1. The predicted octanol–water partition coefficient (Wildman–Crippen LogP) is 1.09. The fraction of sp³-hybridized carbons (Fsp3) is 0.417. The predicted molar refractivity (Wildman–Crippen MR) is 66.6 cm³/mol. The lowest BCUT2D eigenvalue weighted by Gasteiger charge is -2.14. The van der Waals surface area contributed by atoms with E-state index in [-0.39, 0.29) is 24.6 Å². The van der Waals surface area contributed by atoms with Gasteiger partial charge in [0, 0.05) is 30.8 Å². The van der Waals surface area contributed by atoms with Crippen molar-refractivity contribution in [2.45, 2.75) is 6.42 Å². The molecule has 6 nitrogen and oxygen atoms in total. The van der Waals surface area contributed by atoms with Crippen molar-refractivity contribution in [3.05, 3.63) is 39.9 Å². The number of nitrogens with zero attached hydrogens (tertiary/aromatic N) is 2. The molecule has 0 bridgehead atoms. The molecule has 0 atom stereocenters. The van der Waals surface area contributed by atoms with Crippen LogP contribution < -0.4 is 0 Å². The maximum absolute atomic E-state index is 11.8. The van der Waals surface area contributed by atoms with E-state index in [1.54, 1.807) is 11.9 Å². The van der Waals surface area contributed by atoms with Gasteiger partial charge in [0.2, 0.25) is 0 Å². The molecular formula is C12H16N2O4. The van der Waals surface area contributed by atoms with Gasteiger partial charge in [-0.05, 0) is 25.6 Å². The van der Waals surface area contributed by atoms with E-state index in [9.17, 15) is 14.9 Å². The van der Waals surface area contributed by atoms with Crippen LogP contribution >= 0.6 is 0 Å². The Morgan fingerprint density at radius 3 is 2.50 bits per heavy atom. The number of carbonyl (C=O) groups excluding carboxylic acids is 1. The topological polar surface area (TPSA) is 83.7 Å². The third kappa shape index (κ3) is 4.23. The highest BCUT2D eigenvalue weighted by Gasteiger charge is 2.11. The van der Waals surface area contributed by atoms with Crippen LogP contribution in [0.25, 0.3) is 0 Å². The summed E-state index contributed by atoms with van der Waals surface area (Å²) in [6.45, 7) is 0.961. The average Bonchev–Trinajstić information content (AvgIpc) is 2.36. The lowest BCUT2D eigenvalue weighted by molar-refractivity contribution is -0.384. The normalized spacial score (nSPS) is 10.6. The third-order valence-corrected chi connectivity index (χ3v) is 2.51. The summed E-state index contributed by atoms with van der Waals surface area (Å²) in [7, 11) is 1.79. The number of rotatable bonds is 7. The Labute approximate surface area is 105 Å². The van der Waals surface area contributed by atoms with E-state index in [4.69, 9.17) is 5.11 Å². The minimum Gasteiger partial charge on any atom is -0.396 e. The van der Waals surface area contributed by atoms with Gasteiger partial charge in [0.05, 0.1) is 11.5 Å². The van der Waals surface area contributed by atoms with Crippen LogP contribution in [0.4, 0.5) is 5.69 Å². The van der Waals surface area contributed by atoms with Crippen molar-refractivity contribution < 1.29 is 14.8 Å². The van der Waals surface area contributed by atoms with Crippen molar-refractivity contribution in [2.24, 2.45) is 0 Å². The number of carbonyl (C=O) groups is 1. The molecule has 0 saturated heterocycles. The molecule has 0 aliphatic rings. The van der Waals surface area contributed by atoms with Gasteiger partial charge in [0.15, 0.2) is 5.78 Å². The van der Waals surface area contributed by atoms with E-state index in [0.717, 1.165) is 0 Å². The fourth-order valence-corrected chi connectivity index (χ4v) is 1.53. The number of nitro groups is 1. The molecule has 0 aliphatic heterocycles. The van der Waals surface area contributed by atoms with Crippen molar-refractivity contribution in [2.75, 3.05) is 26.7 Å². The molecular weight excluding hydrogens is 236 g/mol. The molecule has 0 heterocycles. The van der Waals surface area contributed by atoms with Gasteiger partial charge in [0.25, 0.3) is 5.69 Å². The number of aliphatic hydroxyl groups is 1. The minimum absolute atomic E-state index is 0.0276. The molecule has 0 unspecified atom stereocenters. The first-order valence-electron chi connectivity index (χ1n) is 5.61. The van der Waals surface area contributed by atoms with Crippen molar-refractivity contribution in [1.82, 2.24) is 4.90 Å². The van der Waals surface area contributed by atoms with Gasteiger partial charge >= 0.3 is 0 Å². The number of hydrogen-bond donors (Lipinski definition) is 1. The second-order valence-electron chi connectivity index (χ2n) is 4.04. The quantitative estimate of drug-likeness (QED) is 0.446. The highest BCUT2D eigenvalue weighted by atomic mass is 16.6. The molecule has 1 N–H and O–H groups in total. The largest absolute Gasteiger partial charge is 0.396 e. The lowest BCUT2D eigenvalue weighted by Crippen LogP contribution is -2.27. The van der Waals surface area contributed by atoms with E-state index in [1.807, 2.05) is 0 Å². The summed E-state index contributed by atoms with van der Waals surface area (Å²) in [6.07, 6.45) is 0.615. The first-order valence-corrected chi connectivity index (χ1v) is 5.61. The molecule has 0 amide bonds. The van der Waals surface area contributed by atoms with Crippen LogP contribution in [0.2, 0.25) is 0 Å². The molecule has 0 saturated carbocycles. The van der Waals surface area contributed by atoms with E-state index >= 15 is 0 Å². The van der Waals surface area contributed by atoms with Gasteiger partial charge in [-0.2, -0.15) is 0 Å². The van der Waals surface area contributed by atoms with E-state index in [0.29, 0.717) is 18.5 Å². The molecule has 0 spiro atoms. The monoisotopic (exact) mass is 252 g/mol. The van der Waals surface area contributed by atoms with Gasteiger partial charge in [-0.1, -0.05) is 0 Å². The number of ketones is 1. The zero-order valence-corrected chi connectivity index (χ0v) is 10.2. The summed E-state index contributed by atoms with van der Waals surface area (Å²) in [5.74, 6) is -0.0923. The molecule has 0 aromatic heterocycles. The second-order valence-corrected chi connectivity index (χ2v) is 4.04. The van der Waals surface area contributed by atoms with Gasteiger partial charge < -0.3 is 5.11 Å². The third-order valence-electron chi connectivity index (χ3n) is 2.51. The maximum Gasteiger partial charge on any atom is 0.269 e. The Morgan fingerprint density at radius 1 is 1.39 bits per heavy atom. The van der Waals surface area contributed by atoms with Crippen LogP contribution in [0.3, 0.4) is 0 Å². The summed E-state index contributed by atoms with van der Waals surface area (Å²) in [5, 5.41) is 19.1. The van der Waals surface area contributed by atoms with Gasteiger partial charge in [-0.15, -0.1) is 0 Å².